The zero-order valence-corrected chi connectivity index (χ0v) is 23.9. The van der Waals surface area contributed by atoms with Gasteiger partial charge in [0.15, 0.2) is 6.23 Å². The Morgan fingerprint density at radius 2 is 1.98 bits per heavy atom. The van der Waals surface area contributed by atoms with Crippen molar-refractivity contribution in [2.24, 2.45) is 5.92 Å². The van der Waals surface area contributed by atoms with Gasteiger partial charge in [0.2, 0.25) is 18.0 Å². The maximum atomic E-state index is 13.8. The van der Waals surface area contributed by atoms with Crippen LogP contribution in [0.2, 0.25) is 0 Å². The van der Waals surface area contributed by atoms with E-state index in [-0.39, 0.29) is 25.6 Å². The lowest BCUT2D eigenvalue weighted by atomic mass is 10.1. The van der Waals surface area contributed by atoms with E-state index < -0.39 is 41.9 Å². The number of fused-ring (bicyclic) bond motifs is 1. The Kier molecular flexibility index (Phi) is 9.02. The molecular formula is C29H40N4O7. The normalized spacial score (nSPS) is 19.7. The van der Waals surface area contributed by atoms with E-state index in [1.165, 1.54) is 9.80 Å². The van der Waals surface area contributed by atoms with Gasteiger partial charge in [0.25, 0.3) is 5.91 Å². The van der Waals surface area contributed by atoms with Gasteiger partial charge >= 0.3 is 6.09 Å². The molecule has 2 N–H and O–H groups in total. The largest absolute Gasteiger partial charge is 0.497 e. The van der Waals surface area contributed by atoms with Crippen molar-refractivity contribution in [1.82, 2.24) is 20.1 Å². The van der Waals surface area contributed by atoms with Gasteiger partial charge in [0.05, 0.1) is 13.0 Å². The van der Waals surface area contributed by atoms with Crippen molar-refractivity contribution in [3.8, 4) is 11.6 Å². The van der Waals surface area contributed by atoms with Crippen LogP contribution in [0, 0.1) is 5.92 Å². The van der Waals surface area contributed by atoms with Crippen molar-refractivity contribution in [2.45, 2.75) is 83.9 Å². The van der Waals surface area contributed by atoms with Gasteiger partial charge in [-0.25, -0.2) is 9.78 Å². The molecule has 3 amide bonds. The number of hydrogen-bond donors (Lipinski definition) is 2. The van der Waals surface area contributed by atoms with E-state index in [1.807, 2.05) is 25.1 Å². The molecular weight excluding hydrogens is 516 g/mol. The highest BCUT2D eigenvalue weighted by atomic mass is 16.6. The first-order valence-corrected chi connectivity index (χ1v) is 13.9. The number of carbonyl (C=O) groups is 3. The van der Waals surface area contributed by atoms with Gasteiger partial charge in [-0.1, -0.05) is 13.3 Å². The standard InChI is InChI=1S/C29H40N4O7/c1-6-7-14-32(27(36)24(34)31-20-8-9-20)26(35)19-16-23(33(17-19)28(37)40-29(2,3)4)39-25-22-11-10-21(38-5)15-18(22)12-13-30-25/h10-13,15,19-20,23,27,36H,6-9,14,16-17H2,1-5H3,(H,31,34)/t19-,23+,27+/m1/s1. The molecule has 2 fully saturated rings. The van der Waals surface area contributed by atoms with Crippen molar-refractivity contribution in [3.05, 3.63) is 30.5 Å². The number of benzene rings is 1. The average molecular weight is 557 g/mol. The van der Waals surface area contributed by atoms with Crippen molar-refractivity contribution < 1.29 is 33.7 Å². The van der Waals surface area contributed by atoms with E-state index in [1.54, 1.807) is 40.1 Å². The van der Waals surface area contributed by atoms with Gasteiger partial charge in [-0.3, -0.25) is 14.5 Å². The molecule has 11 nitrogen and oxygen atoms in total. The summed E-state index contributed by atoms with van der Waals surface area (Å²) in [6.45, 7) is 7.49. The Bertz CT molecular complexity index is 1230. The molecule has 1 aromatic heterocycles. The molecule has 11 heteroatoms. The van der Waals surface area contributed by atoms with E-state index in [0.29, 0.717) is 18.1 Å². The molecule has 2 heterocycles. The van der Waals surface area contributed by atoms with Gasteiger partial charge < -0.3 is 29.5 Å². The topological polar surface area (TPSA) is 131 Å². The SMILES string of the molecule is CCCCN(C(=O)[C@@H]1C[C@H](Oc2nccc3cc(OC)ccc23)N(C(=O)OC(C)(C)C)C1)[C@@H](O)C(=O)NC1CC1. The fraction of sp³-hybridized carbons (Fsp3) is 0.586. The Morgan fingerprint density at radius 1 is 1.23 bits per heavy atom. The third kappa shape index (κ3) is 7.12. The minimum atomic E-state index is -1.61. The van der Waals surface area contributed by atoms with Crippen LogP contribution in [0.15, 0.2) is 30.5 Å². The van der Waals surface area contributed by atoms with E-state index >= 15 is 0 Å². The fourth-order valence-corrected chi connectivity index (χ4v) is 4.64. The Labute approximate surface area is 234 Å². The first-order valence-electron chi connectivity index (χ1n) is 13.9. The summed E-state index contributed by atoms with van der Waals surface area (Å²) < 4.78 is 17.2. The number of rotatable bonds is 10. The minimum absolute atomic E-state index is 0.0105. The van der Waals surface area contributed by atoms with Crippen molar-refractivity contribution >= 4 is 28.7 Å². The Balaban J connectivity index is 1.59. The number of aliphatic hydroxyl groups is 1. The average Bonchev–Trinajstić information content (AvgIpc) is 3.62. The highest BCUT2D eigenvalue weighted by molar-refractivity contribution is 5.89. The fourth-order valence-electron chi connectivity index (χ4n) is 4.64. The van der Waals surface area contributed by atoms with Crippen LogP contribution in [-0.2, 0) is 14.3 Å². The number of likely N-dealkylation sites (tertiary alicyclic amines) is 1. The summed E-state index contributed by atoms with van der Waals surface area (Å²) >= 11 is 0. The van der Waals surface area contributed by atoms with E-state index in [4.69, 9.17) is 14.2 Å². The van der Waals surface area contributed by atoms with Gasteiger partial charge in [0.1, 0.15) is 11.4 Å². The molecule has 1 aliphatic carbocycles. The lowest BCUT2D eigenvalue weighted by Crippen LogP contribution is -2.52. The van der Waals surface area contributed by atoms with E-state index in [0.717, 1.165) is 30.0 Å². The number of carbonyl (C=O) groups excluding carboxylic acids is 3. The zero-order valence-electron chi connectivity index (χ0n) is 23.9. The van der Waals surface area contributed by atoms with Crippen LogP contribution >= 0.6 is 0 Å². The summed E-state index contributed by atoms with van der Waals surface area (Å²) in [5, 5.41) is 15.2. The number of methoxy groups -OCH3 is 1. The maximum absolute atomic E-state index is 13.8. The van der Waals surface area contributed by atoms with Crippen LogP contribution in [0.5, 0.6) is 11.6 Å². The monoisotopic (exact) mass is 556 g/mol. The second-order valence-corrected chi connectivity index (χ2v) is 11.4. The molecule has 2 aromatic rings. The number of unbranched alkanes of at least 4 members (excludes halogenated alkanes) is 1. The maximum Gasteiger partial charge on any atom is 0.413 e. The summed E-state index contributed by atoms with van der Waals surface area (Å²) in [6, 6.07) is 7.36. The molecule has 0 bridgehead atoms. The van der Waals surface area contributed by atoms with Gasteiger partial charge in [0, 0.05) is 37.1 Å². The smallest absolute Gasteiger partial charge is 0.413 e. The number of amides is 3. The lowest BCUT2D eigenvalue weighted by Gasteiger charge is -2.29. The number of nitrogens with zero attached hydrogens (tertiary/aromatic N) is 3. The van der Waals surface area contributed by atoms with Crippen LogP contribution in [0.4, 0.5) is 4.79 Å². The Hall–Kier alpha value is -3.60. The summed E-state index contributed by atoms with van der Waals surface area (Å²) in [5.74, 6) is -0.728. The highest BCUT2D eigenvalue weighted by Gasteiger charge is 2.45. The van der Waals surface area contributed by atoms with Crippen molar-refractivity contribution in [1.29, 1.82) is 0 Å². The number of aliphatic hydroxyl groups excluding tert-OH is 1. The zero-order chi connectivity index (χ0) is 29.0. The predicted molar refractivity (Wildman–Crippen MR) is 148 cm³/mol. The second-order valence-electron chi connectivity index (χ2n) is 11.4. The second kappa shape index (κ2) is 12.3. The molecule has 0 radical (unpaired) electrons. The minimum Gasteiger partial charge on any atom is -0.497 e. The molecule has 1 aromatic carbocycles. The first kappa shape index (κ1) is 29.4. The quantitative estimate of drug-likeness (QED) is 0.426. The summed E-state index contributed by atoms with van der Waals surface area (Å²) in [5.41, 5.74) is -0.762. The number of hydrogen-bond acceptors (Lipinski definition) is 8. The summed E-state index contributed by atoms with van der Waals surface area (Å²) in [6.07, 6.45) is 1.79. The third-order valence-electron chi connectivity index (χ3n) is 6.90. The summed E-state index contributed by atoms with van der Waals surface area (Å²) in [4.78, 5) is 46.6. The molecule has 40 heavy (non-hydrogen) atoms. The first-order chi connectivity index (χ1) is 19.0. The molecule has 0 spiro atoms. The van der Waals surface area contributed by atoms with Crippen molar-refractivity contribution in [2.75, 3.05) is 20.2 Å². The molecule has 218 valence electrons. The van der Waals surface area contributed by atoms with Gasteiger partial charge in [-0.15, -0.1) is 0 Å². The lowest BCUT2D eigenvalue weighted by molar-refractivity contribution is -0.156. The number of ether oxygens (including phenoxy) is 3. The molecule has 2 aliphatic rings. The van der Waals surface area contributed by atoms with E-state index in [9.17, 15) is 19.5 Å². The molecule has 0 unspecified atom stereocenters. The van der Waals surface area contributed by atoms with Crippen LogP contribution in [0.25, 0.3) is 10.8 Å². The summed E-state index contributed by atoms with van der Waals surface area (Å²) in [7, 11) is 1.59. The molecule has 1 saturated heterocycles. The van der Waals surface area contributed by atoms with E-state index in [2.05, 4.69) is 10.3 Å². The third-order valence-corrected chi connectivity index (χ3v) is 6.90. The van der Waals surface area contributed by atoms with Gasteiger partial charge in [-0.05, 0) is 69.7 Å². The van der Waals surface area contributed by atoms with Crippen LogP contribution in [-0.4, -0.2) is 82.1 Å². The molecule has 1 saturated carbocycles. The molecule has 1 aliphatic heterocycles. The van der Waals surface area contributed by atoms with Gasteiger partial charge in [-0.2, -0.15) is 0 Å². The number of nitrogens with one attached hydrogen (secondary N) is 1. The van der Waals surface area contributed by atoms with Crippen LogP contribution < -0.4 is 14.8 Å². The number of pyridine rings is 1. The van der Waals surface area contributed by atoms with Crippen molar-refractivity contribution in [3.63, 3.8) is 0 Å². The Morgan fingerprint density at radius 3 is 2.62 bits per heavy atom. The van der Waals surface area contributed by atoms with Crippen LogP contribution in [0.3, 0.4) is 0 Å². The highest BCUT2D eigenvalue weighted by Crippen LogP contribution is 2.33. The molecule has 4 rings (SSSR count). The number of aromatic nitrogens is 1. The molecule has 3 atom stereocenters. The predicted octanol–water partition coefficient (Wildman–Crippen LogP) is 3.43. The van der Waals surface area contributed by atoms with Crippen LogP contribution in [0.1, 0.15) is 59.8 Å².